The maximum Gasteiger partial charge on any atom is 0.143 e. The molecule has 0 saturated carbocycles. The Hall–Kier alpha value is -9.36. The van der Waals surface area contributed by atoms with E-state index in [-0.39, 0.29) is 0 Å². The molecule has 0 fully saturated rings. The first-order valence-corrected chi connectivity index (χ1v) is 23.6. The van der Waals surface area contributed by atoms with Crippen LogP contribution in [0.1, 0.15) is 15.2 Å². The van der Waals surface area contributed by atoms with Gasteiger partial charge < -0.3 is 4.42 Å². The van der Waals surface area contributed by atoms with Crippen LogP contribution in [0.3, 0.4) is 0 Å². The zero-order valence-electron chi connectivity index (χ0n) is 40.7. The molecule has 0 amide bonds. The van der Waals surface area contributed by atoms with Gasteiger partial charge in [0.15, 0.2) is 0 Å². The van der Waals surface area contributed by atoms with Crippen molar-refractivity contribution in [2.75, 3.05) is 0 Å². The summed E-state index contributed by atoms with van der Waals surface area (Å²) in [6.07, 6.45) is 1.85. The van der Waals surface area contributed by atoms with Crippen LogP contribution in [-0.4, -0.2) is 4.98 Å². The minimum atomic E-state index is -2.46. The largest absolute Gasteiger partial charge is 0.455 e. The van der Waals surface area contributed by atoms with E-state index in [0.29, 0.717) is 22.3 Å². The van der Waals surface area contributed by atoms with E-state index < -0.39 is 6.85 Å². The highest BCUT2D eigenvalue weighted by Gasteiger charge is 2.26. The van der Waals surface area contributed by atoms with Gasteiger partial charge in [0.1, 0.15) is 11.2 Å². The molecule has 0 spiro atoms. The molecular weight excluding hydrogens is 849 g/mol. The van der Waals surface area contributed by atoms with Crippen LogP contribution in [0.5, 0.6) is 0 Å². The third-order valence-corrected chi connectivity index (χ3v) is 14.5. The number of aromatic nitrogens is 1. The van der Waals surface area contributed by atoms with Crippen molar-refractivity contribution in [3.63, 3.8) is 0 Å². The minimum absolute atomic E-state index is 0.305. The predicted octanol–water partition coefficient (Wildman–Crippen LogP) is 18.1. The lowest BCUT2D eigenvalue weighted by Gasteiger charge is -2.24. The van der Waals surface area contributed by atoms with E-state index in [9.17, 15) is 9.37 Å². The average molecular weight is 892 g/mol. The van der Waals surface area contributed by atoms with Gasteiger partial charge in [0.05, 0.1) is 17.3 Å². The Kier molecular flexibility index (Phi) is 8.19. The molecule has 0 atom stereocenters. The summed E-state index contributed by atoms with van der Waals surface area (Å²) in [5.41, 5.74) is 24.2. The van der Waals surface area contributed by atoms with Crippen LogP contribution in [-0.2, 0) is 0 Å². The maximum atomic E-state index is 9.69. The summed E-state index contributed by atoms with van der Waals surface area (Å²) in [6, 6.07) is 77.5. The first-order chi connectivity index (χ1) is 35.8. The molecule has 0 radical (unpaired) electrons. The van der Waals surface area contributed by atoms with Crippen molar-refractivity contribution >= 4 is 21.9 Å². The summed E-state index contributed by atoms with van der Waals surface area (Å²) in [5, 5.41) is 11.6. The number of rotatable bonds is 3. The molecule has 0 saturated heterocycles. The molecule has 0 aliphatic heterocycles. The van der Waals surface area contributed by atoms with Gasteiger partial charge in [-0.2, -0.15) is 5.26 Å². The summed E-state index contributed by atoms with van der Waals surface area (Å²) in [4.78, 5) is 4.94. The standard InChI is InChI=1S/C67H40N2O/c1-40-45(21-10-22-46(40)43-28-32-57-59-25-12-34-69-66(59)58-20-9-8-16-51(58)50-15-4-7-19-54(50)63(57)37-43)42-27-30-55-56-31-29-44(47-23-11-24-60-64-35-41(39-68)26-33-65(64)70-67(47)60)38-62(56)53-18-6-3-14-49(53)48-13-2-5-17-52(48)61(55)36-42/h2-38H,1H3/i1D3. The van der Waals surface area contributed by atoms with Gasteiger partial charge in [-0.25, -0.2) is 0 Å². The molecule has 14 rings (SSSR count). The quantitative estimate of drug-likeness (QED) is 0.178. The lowest BCUT2D eigenvalue weighted by molar-refractivity contribution is 0.670. The zero-order chi connectivity index (χ0) is 49.0. The second-order valence-electron chi connectivity index (χ2n) is 18.2. The monoisotopic (exact) mass is 891 g/mol. The number of hydrogen-bond donors (Lipinski definition) is 0. The van der Waals surface area contributed by atoms with Gasteiger partial charge in [0.2, 0.25) is 0 Å². The van der Waals surface area contributed by atoms with Crippen LogP contribution in [0.25, 0.3) is 144 Å². The first kappa shape index (κ1) is 36.7. The Labute approximate surface area is 410 Å². The summed E-state index contributed by atoms with van der Waals surface area (Å²) >= 11 is 0. The number of benzene rings is 10. The van der Waals surface area contributed by atoms with Crippen LogP contribution < -0.4 is 0 Å². The van der Waals surface area contributed by atoms with Gasteiger partial charge >= 0.3 is 0 Å². The van der Waals surface area contributed by atoms with Gasteiger partial charge in [-0.05, 0) is 155 Å². The van der Waals surface area contributed by atoms with E-state index in [1.54, 1.807) is 6.07 Å². The van der Waals surface area contributed by atoms with E-state index in [1.165, 1.54) is 0 Å². The van der Waals surface area contributed by atoms with Crippen LogP contribution >= 0.6 is 0 Å². The summed E-state index contributed by atoms with van der Waals surface area (Å²) < 4.78 is 34.3. The minimum Gasteiger partial charge on any atom is -0.455 e. The molecule has 3 heteroatoms. The fraction of sp³-hybridized carbons (Fsp3) is 0.0149. The molecule has 2 aromatic heterocycles. The van der Waals surface area contributed by atoms with E-state index in [2.05, 4.69) is 182 Å². The summed E-state index contributed by atoms with van der Waals surface area (Å²) in [7, 11) is 0. The van der Waals surface area contributed by atoms with Gasteiger partial charge in [0.25, 0.3) is 0 Å². The van der Waals surface area contributed by atoms with Crippen molar-refractivity contribution in [1.82, 2.24) is 4.98 Å². The SMILES string of the molecule is [2H]C([2H])([2H])c1c(-c2ccc3c(c2)-c2ccccc2-c2ccccc2-c2cc(-c4cccc5c4oc4ccc(C#N)cc45)ccc2-3)cccc1-c1ccc2c(c1)-c1ccccc1-c1ccccc1-c1ncccc1-2. The fourth-order valence-corrected chi connectivity index (χ4v) is 11.3. The number of nitrogens with zero attached hydrogens (tertiary/aromatic N) is 2. The Morgan fingerprint density at radius 1 is 0.371 bits per heavy atom. The van der Waals surface area contributed by atoms with E-state index in [4.69, 9.17) is 9.40 Å². The number of hydrogen-bond acceptors (Lipinski definition) is 3. The normalized spacial score (nSPS) is 12.6. The highest BCUT2D eigenvalue weighted by atomic mass is 16.3. The van der Waals surface area contributed by atoms with Crippen molar-refractivity contribution in [3.8, 4) is 129 Å². The predicted molar refractivity (Wildman–Crippen MR) is 288 cm³/mol. The van der Waals surface area contributed by atoms with E-state index in [1.807, 2.05) is 42.6 Å². The summed E-state index contributed by atoms with van der Waals surface area (Å²) in [5.74, 6) is 0. The highest BCUT2D eigenvalue weighted by Crippen LogP contribution is 2.52. The number of para-hydroxylation sites is 1. The third kappa shape index (κ3) is 6.04. The van der Waals surface area contributed by atoms with Gasteiger partial charge in [-0.15, -0.1) is 0 Å². The summed E-state index contributed by atoms with van der Waals surface area (Å²) in [6.45, 7) is -2.46. The number of furan rings is 1. The smallest absolute Gasteiger partial charge is 0.143 e. The Balaban J connectivity index is 0.954. The molecule has 10 aromatic carbocycles. The Morgan fingerprint density at radius 3 is 1.34 bits per heavy atom. The first-order valence-electron chi connectivity index (χ1n) is 25.1. The average Bonchev–Trinajstić information content (AvgIpc) is 3.82. The molecule has 12 aromatic rings. The zero-order valence-corrected chi connectivity index (χ0v) is 37.7. The number of fused-ring (bicyclic) bond motifs is 19. The topological polar surface area (TPSA) is 49.8 Å². The van der Waals surface area contributed by atoms with Gasteiger partial charge in [-0.3, -0.25) is 4.98 Å². The highest BCUT2D eigenvalue weighted by molar-refractivity contribution is 6.11. The van der Waals surface area contributed by atoms with E-state index >= 15 is 0 Å². The Bertz CT molecular complexity index is 4340. The lowest BCUT2D eigenvalue weighted by atomic mass is 9.79. The van der Waals surface area contributed by atoms with Crippen LogP contribution in [0.15, 0.2) is 229 Å². The van der Waals surface area contributed by atoms with Crippen LogP contribution in [0, 0.1) is 18.2 Å². The molecule has 2 aliphatic rings. The molecule has 70 heavy (non-hydrogen) atoms. The molecular formula is C67H40N2O. The van der Waals surface area contributed by atoms with Crippen LogP contribution in [0.4, 0.5) is 0 Å². The second-order valence-corrected chi connectivity index (χ2v) is 18.2. The van der Waals surface area contributed by atoms with Crippen molar-refractivity contribution in [1.29, 1.82) is 5.26 Å². The lowest BCUT2D eigenvalue weighted by Crippen LogP contribution is -1.99. The van der Waals surface area contributed by atoms with Crippen molar-refractivity contribution in [2.45, 2.75) is 6.85 Å². The Morgan fingerprint density at radius 2 is 0.800 bits per heavy atom. The molecule has 3 nitrogen and oxygen atoms in total. The molecule has 2 aliphatic carbocycles. The molecule has 0 N–H and O–H groups in total. The van der Waals surface area contributed by atoms with E-state index in [0.717, 1.165) is 133 Å². The molecule has 2 heterocycles. The molecule has 0 bridgehead atoms. The molecule has 0 unspecified atom stereocenters. The van der Waals surface area contributed by atoms with Crippen molar-refractivity contribution in [2.24, 2.45) is 0 Å². The maximum absolute atomic E-state index is 9.69. The third-order valence-electron chi connectivity index (χ3n) is 14.5. The van der Waals surface area contributed by atoms with Gasteiger partial charge in [0, 0.05) is 37.8 Å². The fourth-order valence-electron chi connectivity index (χ4n) is 11.3. The second kappa shape index (κ2) is 15.6. The molecule has 324 valence electrons. The van der Waals surface area contributed by atoms with Gasteiger partial charge in [-0.1, -0.05) is 176 Å². The number of nitriles is 1. The van der Waals surface area contributed by atoms with Crippen molar-refractivity contribution < 1.29 is 8.53 Å². The van der Waals surface area contributed by atoms with Crippen LogP contribution in [0.2, 0.25) is 0 Å². The van der Waals surface area contributed by atoms with Crippen molar-refractivity contribution in [3.05, 3.63) is 236 Å². The number of pyridine rings is 1.